The summed E-state index contributed by atoms with van der Waals surface area (Å²) in [5, 5.41) is 8.89. The SMILES string of the molecule is O=C(O)CC1CCCN(C2CC(=O)N(C3CC3)C2=O)C1. The Morgan fingerprint density at radius 3 is 2.65 bits per heavy atom. The van der Waals surface area contributed by atoms with Crippen molar-refractivity contribution in [1.29, 1.82) is 0 Å². The molecule has 6 heteroatoms. The topological polar surface area (TPSA) is 77.9 Å². The minimum atomic E-state index is -0.787. The standard InChI is InChI=1S/C14H20N2O4/c17-12-7-11(14(20)16(12)10-3-4-10)15-5-1-2-9(8-15)6-13(18)19/h9-11H,1-8H2,(H,18,19). The Balaban J connectivity index is 1.65. The van der Waals surface area contributed by atoms with E-state index >= 15 is 0 Å². The molecule has 0 aromatic heterocycles. The Morgan fingerprint density at radius 1 is 1.25 bits per heavy atom. The Bertz CT molecular complexity index is 446. The quantitative estimate of drug-likeness (QED) is 0.757. The van der Waals surface area contributed by atoms with Crippen LogP contribution >= 0.6 is 0 Å². The second-order valence-corrected chi connectivity index (χ2v) is 6.15. The van der Waals surface area contributed by atoms with Crippen LogP contribution in [0.4, 0.5) is 0 Å². The van der Waals surface area contributed by atoms with Crippen LogP contribution in [0.3, 0.4) is 0 Å². The third-order valence-electron chi connectivity index (χ3n) is 4.53. The zero-order valence-electron chi connectivity index (χ0n) is 11.5. The Morgan fingerprint density at radius 2 is 2.00 bits per heavy atom. The van der Waals surface area contributed by atoms with E-state index in [1.165, 1.54) is 4.90 Å². The molecule has 0 aromatic rings. The maximum atomic E-state index is 12.4. The number of piperidine rings is 1. The molecule has 6 nitrogen and oxygen atoms in total. The monoisotopic (exact) mass is 280 g/mol. The van der Waals surface area contributed by atoms with Crippen LogP contribution in [0, 0.1) is 5.92 Å². The van der Waals surface area contributed by atoms with Gasteiger partial charge in [-0.05, 0) is 38.1 Å². The predicted molar refractivity (Wildman–Crippen MR) is 69.8 cm³/mol. The molecule has 2 heterocycles. The molecule has 1 saturated carbocycles. The number of aliphatic carboxylic acids is 1. The van der Waals surface area contributed by atoms with E-state index in [1.54, 1.807) is 0 Å². The third kappa shape index (κ3) is 2.57. The highest BCUT2D eigenvalue weighted by molar-refractivity contribution is 6.06. The van der Waals surface area contributed by atoms with E-state index in [-0.39, 0.29) is 42.7 Å². The van der Waals surface area contributed by atoms with Crippen molar-refractivity contribution in [3.05, 3.63) is 0 Å². The first-order valence-electron chi connectivity index (χ1n) is 7.38. The van der Waals surface area contributed by atoms with Gasteiger partial charge < -0.3 is 5.11 Å². The van der Waals surface area contributed by atoms with Crippen molar-refractivity contribution in [2.45, 2.75) is 50.6 Å². The summed E-state index contributed by atoms with van der Waals surface area (Å²) in [4.78, 5) is 38.6. The van der Waals surface area contributed by atoms with E-state index in [0.717, 1.165) is 32.2 Å². The molecule has 0 aromatic carbocycles. The maximum absolute atomic E-state index is 12.4. The highest BCUT2D eigenvalue weighted by Gasteiger charge is 2.48. The van der Waals surface area contributed by atoms with Gasteiger partial charge >= 0.3 is 5.97 Å². The van der Waals surface area contributed by atoms with E-state index in [0.29, 0.717) is 6.54 Å². The summed E-state index contributed by atoms with van der Waals surface area (Å²) in [5.41, 5.74) is 0. The van der Waals surface area contributed by atoms with Crippen molar-refractivity contribution in [3.8, 4) is 0 Å². The van der Waals surface area contributed by atoms with E-state index < -0.39 is 5.97 Å². The molecule has 2 atom stereocenters. The second kappa shape index (κ2) is 5.16. The van der Waals surface area contributed by atoms with E-state index in [2.05, 4.69) is 0 Å². The number of amides is 2. The number of carboxylic acid groups (broad SMARTS) is 1. The van der Waals surface area contributed by atoms with Crippen LogP contribution in [-0.4, -0.2) is 57.9 Å². The molecule has 0 radical (unpaired) electrons. The first-order chi connectivity index (χ1) is 9.56. The molecule has 2 amide bonds. The number of hydrogen-bond acceptors (Lipinski definition) is 4. The summed E-state index contributed by atoms with van der Waals surface area (Å²) in [6, 6.07) is -0.209. The summed E-state index contributed by atoms with van der Waals surface area (Å²) in [6.07, 6.45) is 4.09. The summed E-state index contributed by atoms with van der Waals surface area (Å²) >= 11 is 0. The van der Waals surface area contributed by atoms with Gasteiger partial charge in [-0.3, -0.25) is 24.2 Å². The molecule has 20 heavy (non-hydrogen) atoms. The van der Waals surface area contributed by atoms with Crippen molar-refractivity contribution in [1.82, 2.24) is 9.80 Å². The number of nitrogens with zero attached hydrogens (tertiary/aromatic N) is 2. The zero-order chi connectivity index (χ0) is 14.3. The molecule has 3 fully saturated rings. The number of carbonyl (C=O) groups is 3. The summed E-state index contributed by atoms with van der Waals surface area (Å²) < 4.78 is 0. The molecule has 2 aliphatic heterocycles. The molecule has 2 saturated heterocycles. The number of likely N-dealkylation sites (tertiary alicyclic amines) is 2. The molecule has 1 aliphatic carbocycles. The average molecular weight is 280 g/mol. The van der Waals surface area contributed by atoms with Crippen LogP contribution in [0.5, 0.6) is 0 Å². The Hall–Kier alpha value is -1.43. The zero-order valence-corrected chi connectivity index (χ0v) is 11.5. The number of rotatable bonds is 4. The van der Waals surface area contributed by atoms with Gasteiger partial charge in [0.15, 0.2) is 0 Å². The maximum Gasteiger partial charge on any atom is 0.303 e. The predicted octanol–water partition coefficient (Wildman–Crippen LogP) is 0.463. The van der Waals surface area contributed by atoms with E-state index in [1.807, 2.05) is 4.90 Å². The molecule has 2 unspecified atom stereocenters. The summed E-state index contributed by atoms with van der Waals surface area (Å²) in [6.45, 7) is 1.41. The van der Waals surface area contributed by atoms with Crippen LogP contribution in [0.25, 0.3) is 0 Å². The van der Waals surface area contributed by atoms with Gasteiger partial charge in [-0.2, -0.15) is 0 Å². The first kappa shape index (κ1) is 13.5. The lowest BCUT2D eigenvalue weighted by Crippen LogP contribution is -2.47. The van der Waals surface area contributed by atoms with Gasteiger partial charge in [0.1, 0.15) is 0 Å². The number of imide groups is 1. The first-order valence-corrected chi connectivity index (χ1v) is 7.38. The van der Waals surface area contributed by atoms with Crippen molar-refractivity contribution in [2.24, 2.45) is 5.92 Å². The lowest BCUT2D eigenvalue weighted by atomic mass is 9.93. The van der Waals surface area contributed by atoms with Crippen LogP contribution in [0.1, 0.15) is 38.5 Å². The van der Waals surface area contributed by atoms with Crippen molar-refractivity contribution >= 4 is 17.8 Å². The highest BCUT2D eigenvalue weighted by atomic mass is 16.4. The lowest BCUT2D eigenvalue weighted by Gasteiger charge is -2.35. The fraction of sp³-hybridized carbons (Fsp3) is 0.786. The Kier molecular flexibility index (Phi) is 3.50. The highest BCUT2D eigenvalue weighted by Crippen LogP contribution is 2.34. The fourth-order valence-electron chi connectivity index (χ4n) is 3.43. The molecule has 0 spiro atoms. The van der Waals surface area contributed by atoms with Crippen molar-refractivity contribution in [3.63, 3.8) is 0 Å². The minimum absolute atomic E-state index is 0.0529. The number of carboxylic acids is 1. The molecular weight excluding hydrogens is 260 g/mol. The number of hydrogen-bond donors (Lipinski definition) is 1. The molecule has 1 N–H and O–H groups in total. The molecule has 3 aliphatic rings. The van der Waals surface area contributed by atoms with Gasteiger partial charge in [-0.15, -0.1) is 0 Å². The van der Waals surface area contributed by atoms with Gasteiger partial charge in [0, 0.05) is 19.0 Å². The fourth-order valence-corrected chi connectivity index (χ4v) is 3.43. The van der Waals surface area contributed by atoms with Gasteiger partial charge in [0.2, 0.25) is 11.8 Å². The van der Waals surface area contributed by atoms with Crippen molar-refractivity contribution < 1.29 is 19.5 Å². The van der Waals surface area contributed by atoms with Crippen LogP contribution in [0.15, 0.2) is 0 Å². The summed E-state index contributed by atoms with van der Waals surface area (Å²) in [7, 11) is 0. The van der Waals surface area contributed by atoms with Crippen molar-refractivity contribution in [2.75, 3.05) is 13.1 Å². The van der Waals surface area contributed by atoms with Crippen LogP contribution in [-0.2, 0) is 14.4 Å². The molecular formula is C14H20N2O4. The lowest BCUT2D eigenvalue weighted by molar-refractivity contribution is -0.140. The Labute approximate surface area is 117 Å². The van der Waals surface area contributed by atoms with Gasteiger partial charge in [0.25, 0.3) is 0 Å². The molecule has 110 valence electrons. The smallest absolute Gasteiger partial charge is 0.303 e. The van der Waals surface area contributed by atoms with Gasteiger partial charge in [-0.25, -0.2) is 0 Å². The van der Waals surface area contributed by atoms with E-state index in [9.17, 15) is 14.4 Å². The molecule has 3 rings (SSSR count). The number of carbonyl (C=O) groups excluding carboxylic acids is 2. The van der Waals surface area contributed by atoms with Crippen LogP contribution < -0.4 is 0 Å². The molecule has 0 bridgehead atoms. The largest absolute Gasteiger partial charge is 0.481 e. The van der Waals surface area contributed by atoms with E-state index in [4.69, 9.17) is 5.11 Å². The van der Waals surface area contributed by atoms with Gasteiger partial charge in [0.05, 0.1) is 12.5 Å². The van der Waals surface area contributed by atoms with Gasteiger partial charge in [-0.1, -0.05) is 0 Å². The average Bonchev–Trinajstić information content (AvgIpc) is 3.16. The second-order valence-electron chi connectivity index (χ2n) is 6.15. The van der Waals surface area contributed by atoms with Crippen LogP contribution in [0.2, 0.25) is 0 Å². The third-order valence-corrected chi connectivity index (χ3v) is 4.53. The minimum Gasteiger partial charge on any atom is -0.481 e. The normalized spacial score (nSPS) is 31.9. The summed E-state index contributed by atoms with van der Waals surface area (Å²) in [5.74, 6) is -0.805.